The molecule has 0 aromatic heterocycles. The Bertz CT molecular complexity index is 487. The van der Waals surface area contributed by atoms with Crippen molar-refractivity contribution in [2.75, 3.05) is 12.3 Å². The number of hydrogen-bond acceptors (Lipinski definition) is 3. The number of carboxylic acid groups (broad SMARTS) is 1. The number of benzene rings is 1. The molecule has 1 aromatic rings. The number of nitrogens with one attached hydrogen (secondary N) is 2. The van der Waals surface area contributed by atoms with Crippen molar-refractivity contribution in [2.24, 2.45) is 5.92 Å². The first-order chi connectivity index (χ1) is 10.6. The summed E-state index contributed by atoms with van der Waals surface area (Å²) in [6, 6.07) is 10.0. The molecule has 2 amide bonds. The van der Waals surface area contributed by atoms with Gasteiger partial charge in [-0.15, -0.1) is 11.8 Å². The third kappa shape index (κ3) is 5.60. The van der Waals surface area contributed by atoms with Crippen LogP contribution >= 0.6 is 11.8 Å². The topological polar surface area (TPSA) is 78.4 Å². The van der Waals surface area contributed by atoms with Crippen LogP contribution in [0.15, 0.2) is 35.2 Å². The van der Waals surface area contributed by atoms with Crippen LogP contribution in [-0.2, 0) is 4.79 Å². The smallest absolute Gasteiger partial charge is 0.315 e. The molecule has 0 radical (unpaired) electrons. The van der Waals surface area contributed by atoms with Crippen LogP contribution in [0.3, 0.4) is 0 Å². The van der Waals surface area contributed by atoms with Crippen molar-refractivity contribution < 1.29 is 14.7 Å². The van der Waals surface area contributed by atoms with E-state index < -0.39 is 5.97 Å². The second kappa shape index (κ2) is 8.68. The monoisotopic (exact) mass is 322 g/mol. The molecule has 1 aliphatic rings. The van der Waals surface area contributed by atoms with Crippen LogP contribution in [0.5, 0.6) is 0 Å². The standard InChI is InChI=1S/C16H22N2O3S/c19-15(20)12-6-8-13(9-7-12)18-16(21)17-10-11-22-14-4-2-1-3-5-14/h1-5,12-13H,6-11H2,(H,19,20)(H2,17,18,21). The molecule has 2 rings (SSSR count). The molecular weight excluding hydrogens is 300 g/mol. The molecule has 0 unspecified atom stereocenters. The van der Waals surface area contributed by atoms with E-state index in [1.807, 2.05) is 30.3 Å². The maximum atomic E-state index is 11.8. The highest BCUT2D eigenvalue weighted by atomic mass is 32.2. The second-order valence-corrected chi connectivity index (χ2v) is 6.62. The lowest BCUT2D eigenvalue weighted by molar-refractivity contribution is -0.142. The van der Waals surface area contributed by atoms with Gasteiger partial charge in [0, 0.05) is 23.2 Å². The number of thioether (sulfide) groups is 1. The normalized spacial score (nSPS) is 21.1. The SMILES string of the molecule is O=C(NCCSc1ccccc1)NC1CCC(C(=O)O)CC1. The molecular formula is C16H22N2O3S. The minimum atomic E-state index is -0.721. The zero-order valence-corrected chi connectivity index (χ0v) is 13.3. The summed E-state index contributed by atoms with van der Waals surface area (Å²) in [7, 11) is 0. The molecule has 0 atom stereocenters. The van der Waals surface area contributed by atoms with E-state index in [1.54, 1.807) is 11.8 Å². The molecule has 0 aliphatic heterocycles. The van der Waals surface area contributed by atoms with Crippen LogP contribution in [0.25, 0.3) is 0 Å². The van der Waals surface area contributed by atoms with Gasteiger partial charge in [-0.25, -0.2) is 4.79 Å². The first-order valence-electron chi connectivity index (χ1n) is 7.60. The Labute approximate surface area is 134 Å². The number of aliphatic carboxylic acids is 1. The zero-order chi connectivity index (χ0) is 15.8. The van der Waals surface area contributed by atoms with E-state index >= 15 is 0 Å². The quantitative estimate of drug-likeness (QED) is 0.556. The summed E-state index contributed by atoms with van der Waals surface area (Å²) >= 11 is 1.70. The van der Waals surface area contributed by atoms with Crippen LogP contribution in [0, 0.1) is 5.92 Å². The first-order valence-corrected chi connectivity index (χ1v) is 8.58. The highest BCUT2D eigenvalue weighted by Crippen LogP contribution is 2.24. The van der Waals surface area contributed by atoms with Gasteiger partial charge in [-0.3, -0.25) is 4.79 Å². The van der Waals surface area contributed by atoms with E-state index in [9.17, 15) is 9.59 Å². The Kier molecular flexibility index (Phi) is 6.58. The van der Waals surface area contributed by atoms with Crippen LogP contribution in [0.2, 0.25) is 0 Å². The fraction of sp³-hybridized carbons (Fsp3) is 0.500. The molecule has 0 saturated heterocycles. The van der Waals surface area contributed by atoms with Crippen molar-refractivity contribution in [3.05, 3.63) is 30.3 Å². The van der Waals surface area contributed by atoms with Crippen LogP contribution in [0.4, 0.5) is 4.79 Å². The maximum absolute atomic E-state index is 11.8. The predicted molar refractivity (Wildman–Crippen MR) is 87.1 cm³/mol. The average molecular weight is 322 g/mol. The van der Waals surface area contributed by atoms with Crippen LogP contribution in [-0.4, -0.2) is 35.4 Å². The molecule has 6 heteroatoms. The highest BCUT2D eigenvalue weighted by molar-refractivity contribution is 7.99. The number of hydrogen-bond donors (Lipinski definition) is 3. The van der Waals surface area contributed by atoms with Gasteiger partial charge in [0.25, 0.3) is 0 Å². The van der Waals surface area contributed by atoms with E-state index in [4.69, 9.17) is 5.11 Å². The number of amides is 2. The molecule has 120 valence electrons. The van der Waals surface area contributed by atoms with Gasteiger partial charge < -0.3 is 15.7 Å². The van der Waals surface area contributed by atoms with Crippen molar-refractivity contribution >= 4 is 23.8 Å². The average Bonchev–Trinajstić information content (AvgIpc) is 2.53. The minimum absolute atomic E-state index is 0.0948. The number of carbonyl (C=O) groups is 2. The van der Waals surface area contributed by atoms with Crippen molar-refractivity contribution in [1.29, 1.82) is 0 Å². The third-order valence-corrected chi connectivity index (χ3v) is 4.82. The van der Waals surface area contributed by atoms with Crippen molar-refractivity contribution in [1.82, 2.24) is 10.6 Å². The molecule has 1 fully saturated rings. The second-order valence-electron chi connectivity index (χ2n) is 5.45. The molecule has 5 nitrogen and oxygen atoms in total. The molecule has 1 aromatic carbocycles. The summed E-state index contributed by atoms with van der Waals surface area (Å²) in [6.45, 7) is 0.607. The van der Waals surface area contributed by atoms with E-state index in [-0.39, 0.29) is 18.0 Å². The van der Waals surface area contributed by atoms with Gasteiger partial charge in [0.2, 0.25) is 0 Å². The number of carbonyl (C=O) groups excluding carboxylic acids is 1. The molecule has 0 heterocycles. The van der Waals surface area contributed by atoms with Gasteiger partial charge in [0.15, 0.2) is 0 Å². The molecule has 22 heavy (non-hydrogen) atoms. The van der Waals surface area contributed by atoms with E-state index in [0.29, 0.717) is 19.4 Å². The molecule has 1 aliphatic carbocycles. The summed E-state index contributed by atoms with van der Waals surface area (Å²) < 4.78 is 0. The fourth-order valence-corrected chi connectivity index (χ4v) is 3.36. The highest BCUT2D eigenvalue weighted by Gasteiger charge is 2.26. The summed E-state index contributed by atoms with van der Waals surface area (Å²) in [5, 5.41) is 14.7. The first kappa shape index (κ1) is 16.7. The molecule has 0 spiro atoms. The minimum Gasteiger partial charge on any atom is -0.481 e. The zero-order valence-electron chi connectivity index (χ0n) is 12.5. The summed E-state index contributed by atoms with van der Waals surface area (Å²) in [5.41, 5.74) is 0. The van der Waals surface area contributed by atoms with Gasteiger partial charge in [0.05, 0.1) is 5.92 Å². The lowest BCUT2D eigenvalue weighted by Gasteiger charge is -2.26. The van der Waals surface area contributed by atoms with E-state index in [0.717, 1.165) is 18.6 Å². The van der Waals surface area contributed by atoms with Gasteiger partial charge in [-0.2, -0.15) is 0 Å². The largest absolute Gasteiger partial charge is 0.481 e. The fourth-order valence-electron chi connectivity index (χ4n) is 2.57. The number of urea groups is 1. The Hall–Kier alpha value is -1.69. The van der Waals surface area contributed by atoms with Crippen LogP contribution in [0.1, 0.15) is 25.7 Å². The van der Waals surface area contributed by atoms with E-state index in [1.165, 1.54) is 4.90 Å². The molecule has 3 N–H and O–H groups in total. The Morgan fingerprint density at radius 1 is 1.14 bits per heavy atom. The molecule has 0 bridgehead atoms. The summed E-state index contributed by atoms with van der Waals surface area (Å²) in [6.07, 6.45) is 2.76. The Morgan fingerprint density at radius 3 is 2.45 bits per heavy atom. The predicted octanol–water partition coefficient (Wildman–Crippen LogP) is 2.72. The Balaban J connectivity index is 1.57. The number of carboxylic acids is 1. The maximum Gasteiger partial charge on any atom is 0.315 e. The van der Waals surface area contributed by atoms with Gasteiger partial charge in [-0.05, 0) is 37.8 Å². The number of rotatable bonds is 6. The lowest BCUT2D eigenvalue weighted by atomic mass is 9.86. The third-order valence-electron chi connectivity index (χ3n) is 3.81. The molecule has 1 saturated carbocycles. The van der Waals surface area contributed by atoms with Crippen molar-refractivity contribution in [2.45, 2.75) is 36.6 Å². The Morgan fingerprint density at radius 2 is 1.82 bits per heavy atom. The lowest BCUT2D eigenvalue weighted by Crippen LogP contribution is -2.44. The van der Waals surface area contributed by atoms with E-state index in [2.05, 4.69) is 10.6 Å². The van der Waals surface area contributed by atoms with Gasteiger partial charge in [-0.1, -0.05) is 18.2 Å². The van der Waals surface area contributed by atoms with Crippen LogP contribution < -0.4 is 10.6 Å². The summed E-state index contributed by atoms with van der Waals surface area (Å²) in [4.78, 5) is 23.9. The van der Waals surface area contributed by atoms with Gasteiger partial charge in [0.1, 0.15) is 0 Å². The van der Waals surface area contributed by atoms with Crippen molar-refractivity contribution in [3.8, 4) is 0 Å². The van der Waals surface area contributed by atoms with Crippen molar-refractivity contribution in [3.63, 3.8) is 0 Å². The summed E-state index contributed by atoms with van der Waals surface area (Å²) in [5.74, 6) is -0.146. The van der Waals surface area contributed by atoms with Gasteiger partial charge >= 0.3 is 12.0 Å².